The van der Waals surface area contributed by atoms with E-state index in [4.69, 9.17) is 39.9 Å². The molecule has 10 rings (SSSR count). The van der Waals surface area contributed by atoms with Gasteiger partial charge in [0, 0.05) is 49.7 Å². The molecule has 2 aliphatic rings. The molecule has 46 heavy (non-hydrogen) atoms. The van der Waals surface area contributed by atoms with Crippen molar-refractivity contribution < 1.29 is 19.5 Å². The maximum Gasteiger partial charge on any atom is 2.00 e. The number of fused-ring (bicyclic) bond motifs is 20. The van der Waals surface area contributed by atoms with Gasteiger partial charge in [0.05, 0.1) is 23.3 Å². The van der Waals surface area contributed by atoms with E-state index in [1.54, 1.807) is 11.3 Å². The van der Waals surface area contributed by atoms with E-state index in [2.05, 4.69) is 35.7 Å². The molecule has 0 aliphatic carbocycles. The topological polar surface area (TPSA) is 106 Å². The van der Waals surface area contributed by atoms with Gasteiger partial charge in [0.1, 0.15) is 0 Å². The number of aromatic nitrogens is 8. The summed E-state index contributed by atoms with van der Waals surface area (Å²) >= 11 is 1.70. The standard InChI is InChI=1S/C36H18N8S.Zn/c1-2-9-21-20(8-1)29-37-30(21)39-32-24-12-5-6-13-25(24)34(41-32)43-36-27-18-19(28-14-7-17-45-28)15-16-26(27)35(44-36)42-33-23-11-4-3-10-22(23)31(38-29)40-33;/h1-18H;/q-2;+2. The Bertz CT molecular complexity index is 2670. The van der Waals surface area contributed by atoms with Crippen molar-refractivity contribution in [1.82, 2.24) is 39.9 Å². The van der Waals surface area contributed by atoms with E-state index in [0.29, 0.717) is 45.9 Å². The van der Waals surface area contributed by atoms with Crippen LogP contribution in [-0.2, 0) is 19.5 Å². The maximum absolute atomic E-state index is 5.08. The van der Waals surface area contributed by atoms with Crippen LogP contribution >= 0.6 is 11.3 Å². The maximum atomic E-state index is 5.08. The second kappa shape index (κ2) is 10.3. The number of rotatable bonds is 1. The van der Waals surface area contributed by atoms with Crippen LogP contribution < -0.4 is 9.97 Å². The monoisotopic (exact) mass is 658 g/mol. The third-order valence-corrected chi connectivity index (χ3v) is 9.15. The largest absolute Gasteiger partial charge is 2.00 e. The first kappa shape index (κ1) is 26.9. The first-order valence-corrected chi connectivity index (χ1v) is 15.3. The average molecular weight is 660 g/mol. The predicted octanol–water partition coefficient (Wildman–Crippen LogP) is 7.85. The normalized spacial score (nSPS) is 11.7. The van der Waals surface area contributed by atoms with E-state index in [1.807, 2.05) is 72.8 Å². The number of benzene rings is 4. The molecular formula is C36H18N8SZn. The summed E-state index contributed by atoms with van der Waals surface area (Å²) in [4.78, 5) is 41.0. The zero-order valence-corrected chi connectivity index (χ0v) is 27.9. The summed E-state index contributed by atoms with van der Waals surface area (Å²) in [7, 11) is 0. The summed E-state index contributed by atoms with van der Waals surface area (Å²) in [5.74, 6) is 2.19. The van der Waals surface area contributed by atoms with Gasteiger partial charge in [-0.15, -0.1) is 11.3 Å². The van der Waals surface area contributed by atoms with Gasteiger partial charge in [-0.05, 0) is 44.6 Å². The van der Waals surface area contributed by atoms with Crippen molar-refractivity contribution in [2.24, 2.45) is 0 Å². The SMILES string of the molecule is [Zn+2].c1csc(-c2ccc3c4nc5nc(nc6[n-]c(nc7nc(nc([n-]4)c3c2)-c2ccccc2-7)c2ccccc62)-c2ccccc2-5)c1. The fourth-order valence-corrected chi connectivity index (χ4v) is 6.83. The molecule has 0 radical (unpaired) electrons. The summed E-state index contributed by atoms with van der Waals surface area (Å²) < 4.78 is 0. The smallest absolute Gasteiger partial charge is 0.357 e. The Hall–Kier alpha value is -5.44. The van der Waals surface area contributed by atoms with Gasteiger partial charge in [-0.1, -0.05) is 91.0 Å². The Kier molecular flexibility index (Phi) is 6.03. The number of hydrogen-bond donors (Lipinski definition) is 0. The molecule has 2 aliphatic heterocycles. The van der Waals surface area contributed by atoms with Crippen molar-refractivity contribution in [2.75, 3.05) is 0 Å². The Morgan fingerprint density at radius 2 is 0.848 bits per heavy atom. The van der Waals surface area contributed by atoms with E-state index in [0.717, 1.165) is 49.4 Å². The van der Waals surface area contributed by atoms with Gasteiger partial charge in [0.15, 0.2) is 0 Å². The third kappa shape index (κ3) is 4.07. The molecule has 0 saturated heterocycles. The van der Waals surface area contributed by atoms with Crippen molar-refractivity contribution in [1.29, 1.82) is 0 Å². The van der Waals surface area contributed by atoms with Crippen LogP contribution in [0.4, 0.5) is 0 Å². The van der Waals surface area contributed by atoms with Gasteiger partial charge >= 0.3 is 19.5 Å². The molecule has 0 unspecified atom stereocenters. The molecule has 0 spiro atoms. The zero-order valence-electron chi connectivity index (χ0n) is 24.1. The minimum Gasteiger partial charge on any atom is -0.357 e. The molecule has 8 aromatic rings. The molecular weight excluding hydrogens is 642 g/mol. The van der Waals surface area contributed by atoms with E-state index < -0.39 is 0 Å². The van der Waals surface area contributed by atoms with Crippen LogP contribution in [0, 0.1) is 0 Å². The summed E-state index contributed by atoms with van der Waals surface area (Å²) in [6.45, 7) is 0. The quantitative estimate of drug-likeness (QED) is 0.164. The van der Waals surface area contributed by atoms with Crippen LogP contribution in [0.1, 0.15) is 0 Å². The van der Waals surface area contributed by atoms with Crippen molar-refractivity contribution >= 4 is 55.5 Å². The molecule has 6 heterocycles. The molecule has 4 aromatic heterocycles. The van der Waals surface area contributed by atoms with Gasteiger partial charge in [0.2, 0.25) is 0 Å². The molecule has 0 N–H and O–H groups in total. The van der Waals surface area contributed by atoms with Crippen molar-refractivity contribution in [3.8, 4) is 56.0 Å². The number of hydrogen-bond acceptors (Lipinski definition) is 7. The molecule has 8 nitrogen and oxygen atoms in total. The first-order chi connectivity index (χ1) is 22.3. The van der Waals surface area contributed by atoms with Gasteiger partial charge < -0.3 is 29.9 Å². The molecule has 8 bridgehead atoms. The van der Waals surface area contributed by atoms with Crippen LogP contribution in [0.3, 0.4) is 0 Å². The van der Waals surface area contributed by atoms with Crippen LogP contribution in [0.2, 0.25) is 0 Å². The summed E-state index contributed by atoms with van der Waals surface area (Å²) in [6, 6.07) is 34.4. The van der Waals surface area contributed by atoms with E-state index in [-0.39, 0.29) is 19.5 Å². The number of nitrogens with zero attached hydrogens (tertiary/aromatic N) is 8. The third-order valence-electron chi connectivity index (χ3n) is 8.23. The van der Waals surface area contributed by atoms with Gasteiger partial charge in [-0.3, -0.25) is 0 Å². The van der Waals surface area contributed by atoms with Gasteiger partial charge in [0.25, 0.3) is 0 Å². The molecule has 0 amide bonds. The summed E-state index contributed by atoms with van der Waals surface area (Å²) in [6.07, 6.45) is 0. The Morgan fingerprint density at radius 1 is 0.413 bits per heavy atom. The fourth-order valence-electron chi connectivity index (χ4n) is 6.11. The van der Waals surface area contributed by atoms with Crippen molar-refractivity contribution in [2.45, 2.75) is 0 Å². The van der Waals surface area contributed by atoms with E-state index >= 15 is 0 Å². The Balaban J connectivity index is 0.00000292. The van der Waals surface area contributed by atoms with Crippen LogP contribution in [0.15, 0.2) is 109 Å². The fraction of sp³-hybridized carbons (Fsp3) is 0. The average Bonchev–Trinajstić information content (AvgIpc) is 3.91. The Morgan fingerprint density at radius 3 is 1.30 bits per heavy atom. The van der Waals surface area contributed by atoms with Crippen molar-refractivity contribution in [3.05, 3.63) is 109 Å². The summed E-state index contributed by atoms with van der Waals surface area (Å²) in [5.41, 5.74) is 6.83. The zero-order chi connectivity index (χ0) is 29.5. The minimum atomic E-state index is 0. The molecule has 4 aromatic carbocycles. The van der Waals surface area contributed by atoms with Gasteiger partial charge in [-0.2, -0.15) is 0 Å². The predicted molar refractivity (Wildman–Crippen MR) is 177 cm³/mol. The number of thiophene rings is 1. The molecule has 210 valence electrons. The second-order valence-electron chi connectivity index (χ2n) is 10.9. The molecule has 0 saturated carbocycles. The minimum absolute atomic E-state index is 0. The van der Waals surface area contributed by atoms with Crippen LogP contribution in [0.5, 0.6) is 0 Å². The van der Waals surface area contributed by atoms with Crippen LogP contribution in [-0.4, -0.2) is 29.9 Å². The summed E-state index contributed by atoms with van der Waals surface area (Å²) in [5, 5.41) is 5.64. The van der Waals surface area contributed by atoms with Crippen LogP contribution in [0.25, 0.3) is 100 Å². The molecule has 0 fully saturated rings. The van der Waals surface area contributed by atoms with Crippen molar-refractivity contribution in [3.63, 3.8) is 0 Å². The first-order valence-electron chi connectivity index (χ1n) is 14.4. The Labute approximate surface area is 278 Å². The molecule has 0 atom stereocenters. The van der Waals surface area contributed by atoms with Gasteiger partial charge in [-0.25, -0.2) is 9.97 Å². The second-order valence-corrected chi connectivity index (χ2v) is 11.8. The van der Waals surface area contributed by atoms with E-state index in [9.17, 15) is 0 Å². The molecule has 10 heteroatoms. The van der Waals surface area contributed by atoms with E-state index in [1.165, 1.54) is 4.88 Å².